The van der Waals surface area contributed by atoms with Gasteiger partial charge in [0.2, 0.25) is 5.91 Å². The third-order valence-corrected chi connectivity index (χ3v) is 2.33. The molecule has 0 aliphatic carbocycles. The Labute approximate surface area is 80.7 Å². The number of carbonyl (C=O) groups is 1. The number of likely N-dealkylation sites (tertiary alicyclic amines) is 1. The van der Waals surface area contributed by atoms with E-state index in [9.17, 15) is 4.79 Å². The number of amides is 1. The number of nitrogens with zero attached hydrogens (tertiary/aromatic N) is 2. The van der Waals surface area contributed by atoms with Crippen molar-refractivity contribution in [2.45, 2.75) is 19.3 Å². The van der Waals surface area contributed by atoms with Crippen molar-refractivity contribution in [3.05, 3.63) is 6.42 Å². The van der Waals surface area contributed by atoms with Crippen molar-refractivity contribution < 1.29 is 4.79 Å². The van der Waals surface area contributed by atoms with Crippen LogP contribution in [0.2, 0.25) is 0 Å². The summed E-state index contributed by atoms with van der Waals surface area (Å²) in [5.41, 5.74) is 0. The van der Waals surface area contributed by atoms with Crippen molar-refractivity contribution in [2.75, 3.05) is 33.7 Å². The second-order valence-electron chi connectivity index (χ2n) is 3.80. The van der Waals surface area contributed by atoms with Gasteiger partial charge in [-0.25, -0.2) is 0 Å². The Morgan fingerprint density at radius 1 is 1.38 bits per heavy atom. The Bertz CT molecular complexity index is 162. The fourth-order valence-corrected chi connectivity index (χ4v) is 1.48. The molecule has 1 heterocycles. The molecule has 1 amide bonds. The first kappa shape index (κ1) is 10.5. The zero-order valence-corrected chi connectivity index (χ0v) is 8.62. The minimum atomic E-state index is 0.307. The topological polar surface area (TPSA) is 23.6 Å². The average molecular weight is 183 g/mol. The molecule has 1 aliphatic rings. The van der Waals surface area contributed by atoms with Crippen LogP contribution in [-0.4, -0.2) is 49.4 Å². The first-order chi connectivity index (χ1) is 6.20. The highest BCUT2D eigenvalue weighted by molar-refractivity contribution is 5.76. The summed E-state index contributed by atoms with van der Waals surface area (Å²) in [6.07, 6.45) is 5.05. The van der Waals surface area contributed by atoms with Gasteiger partial charge in [0.15, 0.2) is 0 Å². The van der Waals surface area contributed by atoms with Crippen LogP contribution < -0.4 is 0 Å². The Morgan fingerprint density at radius 3 is 2.54 bits per heavy atom. The average Bonchev–Trinajstić information content (AvgIpc) is 2.15. The van der Waals surface area contributed by atoms with Gasteiger partial charge in [0.05, 0.1) is 0 Å². The van der Waals surface area contributed by atoms with Gasteiger partial charge in [-0.3, -0.25) is 4.79 Å². The molecule has 1 rings (SSSR count). The summed E-state index contributed by atoms with van der Waals surface area (Å²) in [5, 5.41) is 0. The molecule has 0 N–H and O–H groups in total. The van der Waals surface area contributed by atoms with Crippen molar-refractivity contribution in [1.82, 2.24) is 9.80 Å². The SMILES string of the molecule is CN(C)CCC(=O)N1CC[CH]CC1. The van der Waals surface area contributed by atoms with Gasteiger partial charge in [-0.2, -0.15) is 0 Å². The Kier molecular flexibility index (Phi) is 4.22. The van der Waals surface area contributed by atoms with Crippen LogP contribution in [0.1, 0.15) is 19.3 Å². The Morgan fingerprint density at radius 2 is 2.00 bits per heavy atom. The van der Waals surface area contributed by atoms with Crippen LogP contribution >= 0.6 is 0 Å². The molecular formula is C10H19N2O. The number of carbonyl (C=O) groups excluding carboxylic acids is 1. The molecule has 1 saturated heterocycles. The fourth-order valence-electron chi connectivity index (χ4n) is 1.48. The summed E-state index contributed by atoms with van der Waals surface area (Å²) in [6, 6.07) is 0. The Hall–Kier alpha value is -0.570. The highest BCUT2D eigenvalue weighted by Crippen LogP contribution is 2.08. The maximum Gasteiger partial charge on any atom is 0.223 e. The quantitative estimate of drug-likeness (QED) is 0.645. The zero-order chi connectivity index (χ0) is 9.68. The predicted molar refractivity (Wildman–Crippen MR) is 53.3 cm³/mol. The van der Waals surface area contributed by atoms with Crippen molar-refractivity contribution in [1.29, 1.82) is 0 Å². The highest BCUT2D eigenvalue weighted by Gasteiger charge is 2.15. The predicted octanol–water partition coefficient (Wildman–Crippen LogP) is 0.765. The zero-order valence-electron chi connectivity index (χ0n) is 8.62. The molecule has 13 heavy (non-hydrogen) atoms. The molecule has 0 atom stereocenters. The highest BCUT2D eigenvalue weighted by atomic mass is 16.2. The maximum absolute atomic E-state index is 11.6. The molecule has 75 valence electrons. The maximum atomic E-state index is 11.6. The molecule has 0 aromatic carbocycles. The monoisotopic (exact) mass is 183 g/mol. The molecule has 0 spiro atoms. The molecular weight excluding hydrogens is 164 g/mol. The van der Waals surface area contributed by atoms with Crippen LogP contribution in [0.25, 0.3) is 0 Å². The molecule has 0 aromatic rings. The van der Waals surface area contributed by atoms with E-state index in [1.165, 1.54) is 0 Å². The van der Waals surface area contributed by atoms with E-state index in [4.69, 9.17) is 0 Å². The van der Waals surface area contributed by atoms with Gasteiger partial charge in [-0.15, -0.1) is 0 Å². The van der Waals surface area contributed by atoms with E-state index in [2.05, 4.69) is 6.42 Å². The molecule has 1 fully saturated rings. The Balaban J connectivity index is 2.21. The largest absolute Gasteiger partial charge is 0.343 e. The minimum absolute atomic E-state index is 0.307. The molecule has 0 saturated carbocycles. The van der Waals surface area contributed by atoms with E-state index in [1.807, 2.05) is 23.9 Å². The van der Waals surface area contributed by atoms with E-state index in [0.717, 1.165) is 32.5 Å². The van der Waals surface area contributed by atoms with Gasteiger partial charge in [-0.05, 0) is 33.4 Å². The van der Waals surface area contributed by atoms with Crippen molar-refractivity contribution in [3.63, 3.8) is 0 Å². The summed E-state index contributed by atoms with van der Waals surface area (Å²) in [7, 11) is 3.99. The second-order valence-corrected chi connectivity index (χ2v) is 3.80. The standard InChI is InChI=1S/C10H19N2O/c1-11(2)9-6-10(13)12-7-4-3-5-8-12/h3H,4-9H2,1-2H3. The first-order valence-electron chi connectivity index (χ1n) is 4.94. The van der Waals surface area contributed by atoms with Gasteiger partial charge in [-0.1, -0.05) is 0 Å². The molecule has 1 aliphatic heterocycles. The molecule has 0 aromatic heterocycles. The number of rotatable bonds is 3. The van der Waals surface area contributed by atoms with Crippen LogP contribution in [0.3, 0.4) is 0 Å². The number of hydrogen-bond donors (Lipinski definition) is 0. The van der Waals surface area contributed by atoms with E-state index in [1.54, 1.807) is 0 Å². The number of piperidine rings is 1. The van der Waals surface area contributed by atoms with Crippen molar-refractivity contribution in [2.24, 2.45) is 0 Å². The van der Waals surface area contributed by atoms with E-state index in [0.29, 0.717) is 12.3 Å². The van der Waals surface area contributed by atoms with E-state index >= 15 is 0 Å². The summed E-state index contributed by atoms with van der Waals surface area (Å²) in [6.45, 7) is 2.71. The summed E-state index contributed by atoms with van der Waals surface area (Å²) >= 11 is 0. The lowest BCUT2D eigenvalue weighted by Gasteiger charge is -2.27. The first-order valence-corrected chi connectivity index (χ1v) is 4.94. The van der Waals surface area contributed by atoms with E-state index < -0.39 is 0 Å². The van der Waals surface area contributed by atoms with Crippen LogP contribution in [0.15, 0.2) is 0 Å². The molecule has 1 radical (unpaired) electrons. The molecule has 3 heteroatoms. The lowest BCUT2D eigenvalue weighted by atomic mass is 10.1. The van der Waals surface area contributed by atoms with Crippen LogP contribution in [0.5, 0.6) is 0 Å². The molecule has 0 unspecified atom stereocenters. The van der Waals surface area contributed by atoms with Gasteiger partial charge in [0, 0.05) is 26.1 Å². The van der Waals surface area contributed by atoms with Crippen LogP contribution in [0.4, 0.5) is 0 Å². The fraction of sp³-hybridized carbons (Fsp3) is 0.800. The summed E-state index contributed by atoms with van der Waals surface area (Å²) < 4.78 is 0. The van der Waals surface area contributed by atoms with Gasteiger partial charge in [0.1, 0.15) is 0 Å². The summed E-state index contributed by atoms with van der Waals surface area (Å²) in [4.78, 5) is 15.6. The molecule has 0 bridgehead atoms. The third kappa shape index (κ3) is 3.77. The van der Waals surface area contributed by atoms with Crippen LogP contribution in [-0.2, 0) is 4.79 Å². The minimum Gasteiger partial charge on any atom is -0.343 e. The lowest BCUT2D eigenvalue weighted by Crippen LogP contribution is -2.37. The van der Waals surface area contributed by atoms with E-state index in [-0.39, 0.29) is 0 Å². The molecule has 3 nitrogen and oxygen atoms in total. The number of hydrogen-bond acceptors (Lipinski definition) is 2. The van der Waals surface area contributed by atoms with Crippen molar-refractivity contribution in [3.8, 4) is 0 Å². The normalized spacial score (nSPS) is 17.9. The van der Waals surface area contributed by atoms with Crippen LogP contribution in [0, 0.1) is 6.42 Å². The smallest absolute Gasteiger partial charge is 0.223 e. The van der Waals surface area contributed by atoms with Gasteiger partial charge in [0.25, 0.3) is 0 Å². The van der Waals surface area contributed by atoms with Gasteiger partial charge < -0.3 is 9.80 Å². The third-order valence-electron chi connectivity index (χ3n) is 2.33. The summed E-state index contributed by atoms with van der Waals surface area (Å²) in [5.74, 6) is 0.307. The van der Waals surface area contributed by atoms with Gasteiger partial charge >= 0.3 is 0 Å². The van der Waals surface area contributed by atoms with Crippen molar-refractivity contribution >= 4 is 5.91 Å². The lowest BCUT2D eigenvalue weighted by molar-refractivity contribution is -0.131. The second kappa shape index (κ2) is 5.22.